The largest absolute Gasteiger partial charge is 0.325 e. The first-order valence-electron chi connectivity index (χ1n) is 8.67. The minimum absolute atomic E-state index is 0.0837. The Kier molecular flexibility index (Phi) is 5.87. The van der Waals surface area contributed by atoms with Crippen molar-refractivity contribution in [2.75, 3.05) is 25.0 Å². The molecule has 1 N–H and O–H groups in total. The second-order valence-corrected chi connectivity index (χ2v) is 8.38. The number of amides is 1. The molecule has 0 spiro atoms. The lowest BCUT2D eigenvalue weighted by atomic mass is 10.1. The smallest absolute Gasteiger partial charge is 0.282 e. The molecule has 0 bridgehead atoms. The van der Waals surface area contributed by atoms with E-state index < -0.39 is 21.9 Å². The van der Waals surface area contributed by atoms with Crippen LogP contribution < -0.4 is 5.32 Å². The minimum atomic E-state index is -3.85. The summed E-state index contributed by atoms with van der Waals surface area (Å²) in [6.07, 6.45) is 0. The van der Waals surface area contributed by atoms with E-state index in [-0.39, 0.29) is 37.5 Å². The molecule has 2 aromatic rings. The van der Waals surface area contributed by atoms with Crippen LogP contribution in [0.4, 0.5) is 10.1 Å². The number of Topliss-reactive ketones (excluding diaryl/α,β-unsaturated/α-hetero) is 1. The van der Waals surface area contributed by atoms with Crippen LogP contribution in [0.5, 0.6) is 0 Å². The molecule has 0 saturated carbocycles. The number of rotatable bonds is 6. The van der Waals surface area contributed by atoms with E-state index in [1.54, 1.807) is 30.3 Å². The van der Waals surface area contributed by atoms with Gasteiger partial charge in [-0.05, 0) is 37.3 Å². The number of halogens is 1. The highest BCUT2D eigenvalue weighted by molar-refractivity contribution is 7.87. The lowest BCUT2D eigenvalue weighted by molar-refractivity contribution is -0.116. The molecule has 0 aromatic heterocycles. The van der Waals surface area contributed by atoms with Crippen molar-refractivity contribution in [3.8, 4) is 0 Å². The van der Waals surface area contributed by atoms with E-state index in [2.05, 4.69) is 5.32 Å². The van der Waals surface area contributed by atoms with Gasteiger partial charge in [0.1, 0.15) is 5.82 Å². The van der Waals surface area contributed by atoms with Crippen LogP contribution >= 0.6 is 0 Å². The van der Waals surface area contributed by atoms with Gasteiger partial charge in [-0.2, -0.15) is 17.0 Å². The van der Waals surface area contributed by atoms with Crippen molar-refractivity contribution in [1.29, 1.82) is 0 Å². The molecule has 148 valence electrons. The number of hydrogen-bond donors (Lipinski definition) is 1. The van der Waals surface area contributed by atoms with Gasteiger partial charge in [-0.3, -0.25) is 9.59 Å². The number of benzene rings is 2. The summed E-state index contributed by atoms with van der Waals surface area (Å²) in [6.45, 7) is 1.34. The summed E-state index contributed by atoms with van der Waals surface area (Å²) in [6, 6.07) is 12.3. The molecule has 2 aromatic carbocycles. The van der Waals surface area contributed by atoms with Crippen LogP contribution in [-0.4, -0.2) is 48.4 Å². The third-order valence-corrected chi connectivity index (χ3v) is 6.38. The predicted octanol–water partition coefficient (Wildman–Crippen LogP) is 2.03. The molecule has 1 aliphatic heterocycles. The van der Waals surface area contributed by atoms with E-state index >= 15 is 0 Å². The highest BCUT2D eigenvalue weighted by Gasteiger charge is 2.37. The fraction of sp³-hybridized carbons (Fsp3) is 0.263. The zero-order chi connectivity index (χ0) is 20.3. The van der Waals surface area contributed by atoms with Gasteiger partial charge < -0.3 is 5.32 Å². The number of carbonyl (C=O) groups is 2. The Morgan fingerprint density at radius 3 is 2.32 bits per heavy atom. The molecule has 0 aliphatic carbocycles. The average molecular weight is 405 g/mol. The monoisotopic (exact) mass is 405 g/mol. The number of ketones is 1. The Morgan fingerprint density at radius 1 is 1.04 bits per heavy atom. The maximum Gasteiger partial charge on any atom is 0.282 e. The predicted molar refractivity (Wildman–Crippen MR) is 102 cm³/mol. The van der Waals surface area contributed by atoms with Gasteiger partial charge in [0.15, 0.2) is 5.78 Å². The molecule has 1 saturated heterocycles. The van der Waals surface area contributed by atoms with Crippen LogP contribution in [0.25, 0.3) is 0 Å². The number of nitrogens with one attached hydrogen (secondary N) is 1. The summed E-state index contributed by atoms with van der Waals surface area (Å²) in [5.74, 6) is -1.05. The molecule has 0 atom stereocenters. The van der Waals surface area contributed by atoms with Crippen molar-refractivity contribution < 1.29 is 22.4 Å². The molecule has 7 nitrogen and oxygen atoms in total. The average Bonchev–Trinajstić information content (AvgIpc) is 2.91. The molecular formula is C19H20FN3O4S. The maximum absolute atomic E-state index is 13.8. The summed E-state index contributed by atoms with van der Waals surface area (Å²) < 4.78 is 41.3. The highest BCUT2D eigenvalue weighted by atomic mass is 32.2. The zero-order valence-electron chi connectivity index (χ0n) is 15.3. The summed E-state index contributed by atoms with van der Waals surface area (Å²) in [7, 11) is -3.85. The first-order chi connectivity index (χ1) is 13.3. The fourth-order valence-corrected chi connectivity index (χ4v) is 4.44. The molecule has 3 rings (SSSR count). The van der Waals surface area contributed by atoms with E-state index in [1.807, 2.05) is 0 Å². The normalized spacial score (nSPS) is 16.8. The van der Waals surface area contributed by atoms with Crippen LogP contribution in [-0.2, 0) is 21.5 Å². The van der Waals surface area contributed by atoms with E-state index in [4.69, 9.17) is 0 Å². The van der Waals surface area contributed by atoms with Gasteiger partial charge in [0.25, 0.3) is 10.2 Å². The van der Waals surface area contributed by atoms with Gasteiger partial charge in [0.2, 0.25) is 5.91 Å². The van der Waals surface area contributed by atoms with Crippen LogP contribution in [0.1, 0.15) is 22.8 Å². The topological polar surface area (TPSA) is 86.8 Å². The molecule has 0 unspecified atom stereocenters. The molecule has 1 aliphatic rings. The maximum atomic E-state index is 13.8. The standard InChI is InChI=1S/C19H20FN3O4S/c1-14(24)15-6-8-17(9-7-15)21-19(25)13-23-11-10-22(28(23,26)27)12-16-4-2-3-5-18(16)20/h2-9H,10-13H2,1H3,(H,21,25). The Labute approximate surface area is 162 Å². The van der Waals surface area contributed by atoms with Gasteiger partial charge in [0, 0.05) is 36.4 Å². The Hall–Kier alpha value is -2.62. The van der Waals surface area contributed by atoms with Gasteiger partial charge in [-0.1, -0.05) is 18.2 Å². The fourth-order valence-electron chi connectivity index (χ4n) is 2.90. The van der Waals surface area contributed by atoms with E-state index in [1.165, 1.54) is 25.1 Å². The first-order valence-corrected chi connectivity index (χ1v) is 10.1. The van der Waals surface area contributed by atoms with E-state index in [0.717, 1.165) is 8.61 Å². The number of carbonyl (C=O) groups excluding carboxylic acids is 2. The van der Waals surface area contributed by atoms with Crippen molar-refractivity contribution in [1.82, 2.24) is 8.61 Å². The third-order valence-electron chi connectivity index (χ3n) is 4.45. The molecule has 1 fully saturated rings. The van der Waals surface area contributed by atoms with Crippen molar-refractivity contribution >= 4 is 27.6 Å². The number of anilines is 1. The third kappa shape index (κ3) is 4.44. The quantitative estimate of drug-likeness (QED) is 0.745. The van der Waals surface area contributed by atoms with E-state index in [9.17, 15) is 22.4 Å². The molecule has 28 heavy (non-hydrogen) atoms. The molecule has 1 amide bonds. The molecule has 0 radical (unpaired) electrons. The van der Waals surface area contributed by atoms with E-state index in [0.29, 0.717) is 11.3 Å². The van der Waals surface area contributed by atoms with Gasteiger partial charge in [0.05, 0.1) is 6.54 Å². The van der Waals surface area contributed by atoms with Gasteiger partial charge in [-0.25, -0.2) is 4.39 Å². The first kappa shape index (κ1) is 20.1. The lowest BCUT2D eigenvalue weighted by Crippen LogP contribution is -2.37. The Morgan fingerprint density at radius 2 is 1.68 bits per heavy atom. The SMILES string of the molecule is CC(=O)c1ccc(NC(=O)CN2CCN(Cc3ccccc3F)S2(=O)=O)cc1. The van der Waals surface area contributed by atoms with Crippen molar-refractivity contribution in [2.24, 2.45) is 0 Å². The second-order valence-electron chi connectivity index (χ2n) is 6.45. The molecular weight excluding hydrogens is 385 g/mol. The van der Waals surface area contributed by atoms with Crippen LogP contribution in [0.15, 0.2) is 48.5 Å². The van der Waals surface area contributed by atoms with Gasteiger partial charge >= 0.3 is 0 Å². The van der Waals surface area contributed by atoms with Crippen LogP contribution in [0.3, 0.4) is 0 Å². The summed E-state index contributed by atoms with van der Waals surface area (Å²) in [5.41, 5.74) is 1.27. The zero-order valence-corrected chi connectivity index (χ0v) is 16.1. The van der Waals surface area contributed by atoms with Crippen molar-refractivity contribution in [3.05, 3.63) is 65.5 Å². The van der Waals surface area contributed by atoms with Crippen molar-refractivity contribution in [2.45, 2.75) is 13.5 Å². The van der Waals surface area contributed by atoms with Crippen LogP contribution in [0.2, 0.25) is 0 Å². The van der Waals surface area contributed by atoms with Crippen molar-refractivity contribution in [3.63, 3.8) is 0 Å². The number of nitrogens with zero attached hydrogens (tertiary/aromatic N) is 2. The second kappa shape index (κ2) is 8.17. The minimum Gasteiger partial charge on any atom is -0.325 e. The van der Waals surface area contributed by atoms with Gasteiger partial charge in [-0.15, -0.1) is 0 Å². The summed E-state index contributed by atoms with van der Waals surface area (Å²) >= 11 is 0. The number of hydrogen-bond acceptors (Lipinski definition) is 4. The molecule has 1 heterocycles. The summed E-state index contributed by atoms with van der Waals surface area (Å²) in [5, 5.41) is 2.61. The Balaban J connectivity index is 1.62. The highest BCUT2D eigenvalue weighted by Crippen LogP contribution is 2.21. The lowest BCUT2D eigenvalue weighted by Gasteiger charge is -2.18. The van der Waals surface area contributed by atoms with Crippen LogP contribution in [0, 0.1) is 5.82 Å². The summed E-state index contributed by atoms with van der Waals surface area (Å²) in [4.78, 5) is 23.5. The molecule has 9 heteroatoms. The Bertz CT molecular complexity index is 992.